The van der Waals surface area contributed by atoms with E-state index in [-0.39, 0.29) is 11.8 Å². The molecule has 3 aromatic heterocycles. The number of H-pyrrole nitrogens is 3. The average molecular weight is 377 g/mol. The molecule has 6 aromatic rings. The number of aromatic nitrogens is 9. The average Bonchev–Trinajstić information content (AvgIpc) is 3.47. The molecular formula is C20H11N9. The van der Waals surface area contributed by atoms with Crippen molar-refractivity contribution in [1.82, 2.24) is 46.2 Å². The van der Waals surface area contributed by atoms with Gasteiger partial charge in [-0.2, -0.15) is 46.2 Å². The summed E-state index contributed by atoms with van der Waals surface area (Å²) in [6, 6.07) is 13.0. The summed E-state index contributed by atoms with van der Waals surface area (Å²) >= 11 is 0. The van der Waals surface area contributed by atoms with E-state index in [4.69, 9.17) is 0 Å². The van der Waals surface area contributed by atoms with Gasteiger partial charge in [0, 0.05) is 11.8 Å². The van der Waals surface area contributed by atoms with E-state index < -0.39 is 0 Å². The van der Waals surface area contributed by atoms with Crippen LogP contribution in [0, 0.1) is 0 Å². The molecule has 0 fully saturated rings. The lowest BCUT2D eigenvalue weighted by Gasteiger charge is -2.42. The van der Waals surface area contributed by atoms with Gasteiger partial charge in [0.1, 0.15) is 33.1 Å². The summed E-state index contributed by atoms with van der Waals surface area (Å²) in [5.74, 6) is 0.173. The van der Waals surface area contributed by atoms with Crippen molar-refractivity contribution < 1.29 is 0 Å². The molecule has 136 valence electrons. The molecule has 0 saturated carbocycles. The fraction of sp³-hybridized carbons (Fsp3) is 0.100. The van der Waals surface area contributed by atoms with E-state index in [0.717, 1.165) is 33.1 Å². The first-order valence-corrected chi connectivity index (χ1v) is 9.38. The second-order valence-corrected chi connectivity index (χ2v) is 7.75. The molecule has 0 aliphatic heterocycles. The minimum atomic E-state index is 0.0864. The van der Waals surface area contributed by atoms with E-state index in [1.165, 1.54) is 33.4 Å². The summed E-state index contributed by atoms with van der Waals surface area (Å²) in [6.45, 7) is 0. The number of nitrogens with zero attached hydrogens (tertiary/aromatic N) is 6. The molecule has 0 saturated heterocycles. The first-order valence-electron chi connectivity index (χ1n) is 9.38. The number of hydrogen-bond acceptors (Lipinski definition) is 6. The Balaban J connectivity index is 1.55. The van der Waals surface area contributed by atoms with Gasteiger partial charge in [-0.05, 0) is 69.8 Å². The van der Waals surface area contributed by atoms with E-state index in [0.29, 0.717) is 0 Å². The van der Waals surface area contributed by atoms with Gasteiger partial charge in [0.25, 0.3) is 0 Å². The quantitative estimate of drug-likeness (QED) is 0.373. The number of benzene rings is 3. The van der Waals surface area contributed by atoms with Crippen LogP contribution in [-0.4, -0.2) is 46.2 Å². The van der Waals surface area contributed by atoms with Gasteiger partial charge >= 0.3 is 0 Å². The Morgan fingerprint density at radius 2 is 0.586 bits per heavy atom. The second kappa shape index (κ2) is 4.46. The zero-order valence-corrected chi connectivity index (χ0v) is 14.8. The number of aromatic amines is 3. The van der Waals surface area contributed by atoms with Gasteiger partial charge < -0.3 is 0 Å². The predicted octanol–water partition coefficient (Wildman–Crippen LogP) is 2.49. The zero-order valence-electron chi connectivity index (χ0n) is 14.8. The highest BCUT2D eigenvalue weighted by Crippen LogP contribution is 2.57. The van der Waals surface area contributed by atoms with Gasteiger partial charge in [0.05, 0.1) is 0 Å². The van der Waals surface area contributed by atoms with Crippen molar-refractivity contribution in [2.45, 2.75) is 11.8 Å². The Bertz CT molecular complexity index is 1330. The fourth-order valence-corrected chi connectivity index (χ4v) is 5.27. The maximum Gasteiger partial charge on any atom is 0.113 e. The van der Waals surface area contributed by atoms with Gasteiger partial charge in [-0.3, -0.25) is 0 Å². The van der Waals surface area contributed by atoms with Crippen molar-refractivity contribution in [3.05, 3.63) is 69.8 Å². The van der Waals surface area contributed by atoms with Crippen LogP contribution in [-0.2, 0) is 0 Å². The highest BCUT2D eigenvalue weighted by molar-refractivity contribution is 5.87. The minimum absolute atomic E-state index is 0.0864. The van der Waals surface area contributed by atoms with E-state index in [1.54, 1.807) is 0 Å². The molecular weight excluding hydrogens is 366 g/mol. The van der Waals surface area contributed by atoms with E-state index in [2.05, 4.69) is 82.6 Å². The van der Waals surface area contributed by atoms with Gasteiger partial charge in [-0.15, -0.1) is 0 Å². The van der Waals surface area contributed by atoms with Gasteiger partial charge in [-0.25, -0.2) is 0 Å². The van der Waals surface area contributed by atoms with Crippen LogP contribution >= 0.6 is 0 Å². The molecule has 3 aromatic carbocycles. The van der Waals surface area contributed by atoms with Crippen molar-refractivity contribution in [1.29, 1.82) is 0 Å². The fourth-order valence-electron chi connectivity index (χ4n) is 5.27. The van der Waals surface area contributed by atoms with Gasteiger partial charge in [0.15, 0.2) is 0 Å². The Morgan fingerprint density at radius 3 is 0.793 bits per heavy atom. The Kier molecular flexibility index (Phi) is 2.15. The Hall–Kier alpha value is -4.14. The van der Waals surface area contributed by atoms with Crippen molar-refractivity contribution in [2.24, 2.45) is 0 Å². The third-order valence-corrected chi connectivity index (χ3v) is 6.43. The van der Waals surface area contributed by atoms with E-state index >= 15 is 0 Å². The van der Waals surface area contributed by atoms with Crippen LogP contribution in [0.4, 0.5) is 0 Å². The van der Waals surface area contributed by atoms with E-state index in [9.17, 15) is 0 Å². The molecule has 3 aliphatic carbocycles. The largest absolute Gasteiger partial charge is 0.197 e. The van der Waals surface area contributed by atoms with Crippen molar-refractivity contribution >= 4 is 33.1 Å². The van der Waals surface area contributed by atoms with E-state index in [1.807, 2.05) is 0 Å². The lowest BCUT2D eigenvalue weighted by Crippen LogP contribution is -2.27. The monoisotopic (exact) mass is 377 g/mol. The number of nitrogens with one attached hydrogen (secondary N) is 3. The summed E-state index contributed by atoms with van der Waals surface area (Å²) in [4.78, 5) is 0. The van der Waals surface area contributed by atoms with Crippen LogP contribution in [0.3, 0.4) is 0 Å². The third kappa shape index (κ3) is 1.55. The molecule has 0 amide bonds. The Labute approximate surface area is 161 Å². The normalized spacial score (nSPS) is 19.0. The first kappa shape index (κ1) is 13.9. The second-order valence-electron chi connectivity index (χ2n) is 7.75. The molecule has 0 unspecified atom stereocenters. The highest BCUT2D eigenvalue weighted by atomic mass is 15.3. The predicted molar refractivity (Wildman–Crippen MR) is 104 cm³/mol. The summed E-state index contributed by atoms with van der Waals surface area (Å²) in [6.07, 6.45) is 0. The molecule has 9 rings (SSSR count). The smallest absolute Gasteiger partial charge is 0.113 e. The molecule has 0 spiro atoms. The minimum Gasteiger partial charge on any atom is -0.197 e. The van der Waals surface area contributed by atoms with Crippen molar-refractivity contribution in [2.75, 3.05) is 0 Å². The molecule has 0 radical (unpaired) electrons. The molecule has 29 heavy (non-hydrogen) atoms. The maximum atomic E-state index is 4.31. The van der Waals surface area contributed by atoms with Crippen LogP contribution in [0.1, 0.15) is 45.2 Å². The molecule has 3 N–H and O–H groups in total. The lowest BCUT2D eigenvalue weighted by atomic mass is 9.61. The summed E-state index contributed by atoms with van der Waals surface area (Å²) in [5.41, 5.74) is 12.9. The van der Waals surface area contributed by atoms with Crippen LogP contribution in [0.2, 0.25) is 0 Å². The standard InChI is InChI=1S/C20H11N9/c1-7-8(2-14-13(1)21-27-22-14)20-11-5-17-15(23-28-25-17)3-9(11)19(7)10-4-16-18(6-12(10)20)26-29-24-16/h1-6,19-20H,(H,21,22,27)(H,23,25,28)(H,24,26,29). The molecule has 2 bridgehead atoms. The molecule has 9 nitrogen and oxygen atoms in total. The maximum absolute atomic E-state index is 4.31. The summed E-state index contributed by atoms with van der Waals surface area (Å²) < 4.78 is 0. The molecule has 3 heterocycles. The summed E-state index contributed by atoms with van der Waals surface area (Å²) in [7, 11) is 0. The molecule has 3 aliphatic rings. The first-order chi connectivity index (χ1) is 14.3. The van der Waals surface area contributed by atoms with Crippen LogP contribution in [0.5, 0.6) is 0 Å². The van der Waals surface area contributed by atoms with Crippen LogP contribution in [0.15, 0.2) is 36.4 Å². The Morgan fingerprint density at radius 1 is 0.379 bits per heavy atom. The summed E-state index contributed by atoms with van der Waals surface area (Å²) in [5, 5.41) is 34.1. The van der Waals surface area contributed by atoms with Gasteiger partial charge in [0.2, 0.25) is 0 Å². The molecule has 9 heteroatoms. The third-order valence-electron chi connectivity index (χ3n) is 6.43. The highest BCUT2D eigenvalue weighted by Gasteiger charge is 2.42. The number of hydrogen-bond donors (Lipinski definition) is 3. The number of rotatable bonds is 0. The van der Waals surface area contributed by atoms with Crippen molar-refractivity contribution in [3.63, 3.8) is 0 Å². The topological polar surface area (TPSA) is 125 Å². The zero-order chi connectivity index (χ0) is 18.7. The van der Waals surface area contributed by atoms with Crippen LogP contribution in [0.25, 0.3) is 33.1 Å². The van der Waals surface area contributed by atoms with Crippen LogP contribution < -0.4 is 0 Å². The SMILES string of the molecule is c1c2c(cc3n[nH]nc13)C1c3cc4n[nH]nc4cc3C2c2cc3n[nH]nc3cc21. The molecule has 0 atom stereocenters. The van der Waals surface area contributed by atoms with Crippen molar-refractivity contribution in [3.8, 4) is 0 Å². The lowest BCUT2D eigenvalue weighted by molar-refractivity contribution is 0.760. The van der Waals surface area contributed by atoms with Gasteiger partial charge in [-0.1, -0.05) is 0 Å². The number of fused-ring (bicyclic) bond motifs is 3.